The van der Waals surface area contributed by atoms with Gasteiger partial charge in [-0.05, 0) is 23.8 Å². The van der Waals surface area contributed by atoms with Crippen LogP contribution in [0.5, 0.6) is 0 Å². The largest absolute Gasteiger partial charge is 0.456 e. The SMILES string of the molecule is NC1C(=O)N2C(C(=O)OCc3ccc([N+](=O)[O-])cc3)=CCS[C@@H]12. The Labute approximate surface area is 135 Å². The van der Waals surface area contributed by atoms with Crippen molar-refractivity contribution in [1.82, 2.24) is 4.90 Å². The Morgan fingerprint density at radius 2 is 2.13 bits per heavy atom. The van der Waals surface area contributed by atoms with Gasteiger partial charge in [-0.25, -0.2) is 4.79 Å². The molecular weight excluding hydrogens is 322 g/mol. The summed E-state index contributed by atoms with van der Waals surface area (Å²) < 4.78 is 5.18. The molecule has 0 bridgehead atoms. The van der Waals surface area contributed by atoms with E-state index in [1.165, 1.54) is 40.9 Å². The second kappa shape index (κ2) is 6.01. The van der Waals surface area contributed by atoms with Crippen molar-refractivity contribution in [2.45, 2.75) is 18.0 Å². The quantitative estimate of drug-likeness (QED) is 0.374. The molecule has 0 aromatic heterocycles. The number of esters is 1. The Hall–Kier alpha value is -2.39. The highest BCUT2D eigenvalue weighted by atomic mass is 32.2. The van der Waals surface area contributed by atoms with Gasteiger partial charge in [0.05, 0.1) is 4.92 Å². The molecule has 0 radical (unpaired) electrons. The molecule has 0 saturated carbocycles. The number of nitro groups is 1. The number of β-lactam (4-membered cyclic amide) rings is 1. The van der Waals surface area contributed by atoms with E-state index in [4.69, 9.17) is 10.5 Å². The molecule has 8 nitrogen and oxygen atoms in total. The lowest BCUT2D eigenvalue weighted by Gasteiger charge is -2.46. The number of nitro benzene ring substituents is 1. The molecule has 1 unspecified atom stereocenters. The normalized spacial score (nSPS) is 22.7. The summed E-state index contributed by atoms with van der Waals surface area (Å²) in [5.74, 6) is -0.306. The lowest BCUT2D eigenvalue weighted by atomic mass is 10.1. The van der Waals surface area contributed by atoms with Crippen LogP contribution in [-0.2, 0) is 20.9 Å². The van der Waals surface area contributed by atoms with Crippen molar-refractivity contribution >= 4 is 29.3 Å². The number of rotatable bonds is 4. The third kappa shape index (κ3) is 2.80. The van der Waals surface area contributed by atoms with Gasteiger partial charge in [0, 0.05) is 17.9 Å². The highest BCUT2D eigenvalue weighted by molar-refractivity contribution is 8.00. The van der Waals surface area contributed by atoms with E-state index in [1.807, 2.05) is 0 Å². The summed E-state index contributed by atoms with van der Waals surface area (Å²) in [4.78, 5) is 35.3. The number of amides is 1. The number of thioether (sulfide) groups is 1. The first-order valence-electron chi connectivity index (χ1n) is 6.80. The van der Waals surface area contributed by atoms with Gasteiger partial charge in [-0.1, -0.05) is 0 Å². The molecule has 1 aromatic rings. The number of nitrogens with zero attached hydrogens (tertiary/aromatic N) is 2. The molecule has 9 heteroatoms. The molecule has 2 aliphatic rings. The monoisotopic (exact) mass is 335 g/mol. The molecule has 0 aliphatic carbocycles. The van der Waals surface area contributed by atoms with Crippen LogP contribution in [0, 0.1) is 10.1 Å². The number of benzene rings is 1. The van der Waals surface area contributed by atoms with Gasteiger partial charge in [-0.2, -0.15) is 0 Å². The van der Waals surface area contributed by atoms with Crippen molar-refractivity contribution in [3.8, 4) is 0 Å². The first-order chi connectivity index (χ1) is 11.0. The van der Waals surface area contributed by atoms with Gasteiger partial charge in [0.1, 0.15) is 23.7 Å². The van der Waals surface area contributed by atoms with E-state index in [1.54, 1.807) is 6.08 Å². The zero-order valence-electron chi connectivity index (χ0n) is 11.9. The number of hydrogen-bond acceptors (Lipinski definition) is 7. The van der Waals surface area contributed by atoms with Crippen LogP contribution in [0.25, 0.3) is 0 Å². The number of carbonyl (C=O) groups excluding carboxylic acids is 2. The van der Waals surface area contributed by atoms with Crippen LogP contribution in [0.3, 0.4) is 0 Å². The van der Waals surface area contributed by atoms with Crippen molar-refractivity contribution in [2.24, 2.45) is 5.73 Å². The highest BCUT2D eigenvalue weighted by Crippen LogP contribution is 2.36. The van der Waals surface area contributed by atoms with Crippen LogP contribution < -0.4 is 5.73 Å². The van der Waals surface area contributed by atoms with Crippen LogP contribution in [0.15, 0.2) is 36.0 Å². The zero-order chi connectivity index (χ0) is 16.6. The second-order valence-corrected chi connectivity index (χ2v) is 6.20. The van der Waals surface area contributed by atoms with E-state index in [0.717, 1.165) is 0 Å². The number of nitrogens with two attached hydrogens (primary N) is 1. The fourth-order valence-electron chi connectivity index (χ4n) is 2.36. The second-order valence-electron chi connectivity index (χ2n) is 5.05. The summed E-state index contributed by atoms with van der Waals surface area (Å²) in [5, 5.41) is 10.4. The average molecular weight is 335 g/mol. The summed E-state index contributed by atoms with van der Waals surface area (Å²) in [5.41, 5.74) is 6.50. The summed E-state index contributed by atoms with van der Waals surface area (Å²) in [6.07, 6.45) is 1.64. The predicted molar refractivity (Wildman–Crippen MR) is 82.0 cm³/mol. The highest BCUT2D eigenvalue weighted by Gasteiger charge is 2.50. The Balaban J connectivity index is 1.62. The van der Waals surface area contributed by atoms with Crippen molar-refractivity contribution < 1.29 is 19.2 Å². The number of carbonyl (C=O) groups is 2. The Kier molecular flexibility index (Phi) is 4.05. The number of fused-ring (bicyclic) bond motifs is 1. The molecule has 120 valence electrons. The number of hydrogen-bond donors (Lipinski definition) is 1. The molecule has 23 heavy (non-hydrogen) atoms. The summed E-state index contributed by atoms with van der Waals surface area (Å²) in [6.45, 7) is -0.0277. The predicted octanol–water partition coefficient (Wildman–Crippen LogP) is 0.764. The molecular formula is C14H13N3O5S. The fraction of sp³-hybridized carbons (Fsp3) is 0.286. The summed E-state index contributed by atoms with van der Waals surface area (Å²) in [6, 6.07) is 5.14. The van der Waals surface area contributed by atoms with Gasteiger partial charge in [-0.3, -0.25) is 19.8 Å². The van der Waals surface area contributed by atoms with Crippen molar-refractivity contribution in [3.63, 3.8) is 0 Å². The van der Waals surface area contributed by atoms with Crippen LogP contribution in [0.1, 0.15) is 5.56 Å². The van der Waals surface area contributed by atoms with Crippen LogP contribution in [0.2, 0.25) is 0 Å². The van der Waals surface area contributed by atoms with Crippen LogP contribution in [-0.4, -0.2) is 38.9 Å². The van der Waals surface area contributed by atoms with E-state index >= 15 is 0 Å². The Bertz CT molecular complexity index is 703. The number of ether oxygens (including phenoxy) is 1. The standard InChI is InChI=1S/C14H13N3O5S/c15-11-12(18)16-10(5-6-23-13(11)16)14(19)22-7-8-1-3-9(4-2-8)17(20)21/h1-5,11,13H,6-7,15H2/t11?,13-/m0/s1. The molecule has 1 amide bonds. The van der Waals surface area contributed by atoms with Crippen molar-refractivity contribution in [3.05, 3.63) is 51.7 Å². The van der Waals surface area contributed by atoms with Crippen LogP contribution >= 0.6 is 11.8 Å². The Morgan fingerprint density at radius 3 is 2.78 bits per heavy atom. The molecule has 1 fully saturated rings. The molecule has 1 saturated heterocycles. The maximum atomic E-state index is 12.1. The molecule has 1 aromatic carbocycles. The van der Waals surface area contributed by atoms with Gasteiger partial charge in [0.25, 0.3) is 5.69 Å². The molecule has 2 atom stereocenters. The maximum absolute atomic E-state index is 12.1. The first kappa shape index (κ1) is 15.5. The smallest absolute Gasteiger partial charge is 0.355 e. The molecule has 3 rings (SSSR count). The van der Waals surface area contributed by atoms with Gasteiger partial charge < -0.3 is 10.5 Å². The number of non-ortho nitro benzene ring substituents is 1. The van der Waals surface area contributed by atoms with E-state index in [9.17, 15) is 19.7 Å². The lowest BCUT2D eigenvalue weighted by Crippen LogP contribution is -2.68. The van der Waals surface area contributed by atoms with Crippen molar-refractivity contribution in [2.75, 3.05) is 5.75 Å². The van der Waals surface area contributed by atoms with Crippen molar-refractivity contribution in [1.29, 1.82) is 0 Å². The molecule has 2 N–H and O–H groups in total. The third-order valence-electron chi connectivity index (χ3n) is 3.61. The minimum absolute atomic E-state index is 0.0277. The molecule has 2 aliphatic heterocycles. The zero-order valence-corrected chi connectivity index (χ0v) is 12.7. The third-order valence-corrected chi connectivity index (χ3v) is 4.82. The van der Waals surface area contributed by atoms with E-state index in [0.29, 0.717) is 11.3 Å². The Morgan fingerprint density at radius 1 is 1.43 bits per heavy atom. The van der Waals surface area contributed by atoms with Crippen LogP contribution in [0.4, 0.5) is 5.69 Å². The summed E-state index contributed by atoms with van der Waals surface area (Å²) >= 11 is 1.50. The van der Waals surface area contributed by atoms with Gasteiger partial charge >= 0.3 is 5.97 Å². The maximum Gasteiger partial charge on any atom is 0.355 e. The minimum atomic E-state index is -0.603. The average Bonchev–Trinajstić information content (AvgIpc) is 2.58. The first-order valence-corrected chi connectivity index (χ1v) is 7.85. The van der Waals surface area contributed by atoms with Gasteiger partial charge in [0.15, 0.2) is 0 Å². The van der Waals surface area contributed by atoms with E-state index in [2.05, 4.69) is 0 Å². The fourth-order valence-corrected chi connectivity index (χ4v) is 3.50. The molecule has 2 heterocycles. The van der Waals surface area contributed by atoms with Gasteiger partial charge in [0.2, 0.25) is 5.91 Å². The molecule has 0 spiro atoms. The minimum Gasteiger partial charge on any atom is -0.456 e. The summed E-state index contributed by atoms with van der Waals surface area (Å²) in [7, 11) is 0. The van der Waals surface area contributed by atoms with E-state index in [-0.39, 0.29) is 29.3 Å². The van der Waals surface area contributed by atoms with E-state index < -0.39 is 16.9 Å². The topological polar surface area (TPSA) is 116 Å². The lowest BCUT2D eigenvalue weighted by molar-refractivity contribution is -0.384. The van der Waals surface area contributed by atoms with Gasteiger partial charge in [-0.15, -0.1) is 11.8 Å².